The number of nitrogens with one attached hydrogen (secondary N) is 2. The summed E-state index contributed by atoms with van der Waals surface area (Å²) in [5.74, 6) is -0.902. The summed E-state index contributed by atoms with van der Waals surface area (Å²) in [6.45, 7) is 5.49. The lowest BCUT2D eigenvalue weighted by Gasteiger charge is -2.33. The minimum absolute atomic E-state index is 0.00109. The van der Waals surface area contributed by atoms with Crippen LogP contribution in [0.25, 0.3) is 0 Å². The molecule has 0 unspecified atom stereocenters. The van der Waals surface area contributed by atoms with Crippen LogP contribution in [0.2, 0.25) is 0 Å². The molecule has 1 aliphatic carbocycles. The first-order chi connectivity index (χ1) is 20.1. The van der Waals surface area contributed by atoms with Crippen molar-refractivity contribution in [2.75, 3.05) is 5.88 Å². The Balaban J connectivity index is 1.34. The molecule has 5 atom stereocenters. The van der Waals surface area contributed by atoms with Crippen LogP contribution >= 0.6 is 11.8 Å². The third-order valence-electron chi connectivity index (χ3n) is 8.22. The van der Waals surface area contributed by atoms with Gasteiger partial charge in [-0.25, -0.2) is 0 Å². The van der Waals surface area contributed by atoms with Gasteiger partial charge in [-0.3, -0.25) is 14.4 Å². The number of aliphatic hydroxyl groups is 1. The Hall–Kier alpha value is -3.82. The number of aromatic hydroxyl groups is 1. The maximum Gasteiger partial charge on any atom is 0.254 e. The van der Waals surface area contributed by atoms with E-state index in [2.05, 4.69) is 22.8 Å². The molecule has 42 heavy (non-hydrogen) atoms. The van der Waals surface area contributed by atoms with Crippen LogP contribution in [0.1, 0.15) is 53.2 Å². The van der Waals surface area contributed by atoms with Gasteiger partial charge in [-0.2, -0.15) is 0 Å². The highest BCUT2D eigenvalue weighted by Crippen LogP contribution is 2.43. The van der Waals surface area contributed by atoms with Crippen molar-refractivity contribution in [3.8, 4) is 5.75 Å². The fraction of sp³-hybridized carbons (Fsp3) is 0.364. The maximum atomic E-state index is 13.9. The lowest BCUT2D eigenvalue weighted by Crippen LogP contribution is -2.59. The molecule has 3 aromatic rings. The number of amides is 3. The van der Waals surface area contributed by atoms with Crippen LogP contribution in [-0.4, -0.2) is 67.7 Å². The van der Waals surface area contributed by atoms with Gasteiger partial charge in [0.1, 0.15) is 11.8 Å². The molecule has 0 radical (unpaired) electrons. The molecule has 1 aliphatic heterocycles. The third-order valence-corrected chi connectivity index (χ3v) is 9.60. The summed E-state index contributed by atoms with van der Waals surface area (Å²) in [6.07, 6.45) is -0.569. The highest BCUT2D eigenvalue weighted by molar-refractivity contribution is 8.00. The van der Waals surface area contributed by atoms with Crippen molar-refractivity contribution in [3.05, 3.63) is 101 Å². The standard InChI is InChI=1S/C33H37N3O5S/c1-20-23(15-10-16-27(20)37)30(39)35-26(17-21-11-6-4-7-12-21)28(38)32(41)36-19-42-33(2,3)29(36)31(40)34-25-18-24(25)22-13-8-5-9-14-22/h4-16,24-26,28-29,37-38H,17-19H2,1-3H3,(H,34,40)(H,35,39)/t24-,25+,26-,28-,29+/m0/s1. The number of thioether (sulfide) groups is 1. The number of hydrogen-bond acceptors (Lipinski definition) is 6. The normalized spacial score (nSPS) is 22.2. The summed E-state index contributed by atoms with van der Waals surface area (Å²) in [4.78, 5) is 42.3. The molecule has 220 valence electrons. The molecule has 1 saturated heterocycles. The Morgan fingerprint density at radius 1 is 1.00 bits per heavy atom. The van der Waals surface area contributed by atoms with E-state index in [0.717, 1.165) is 12.0 Å². The molecule has 2 fully saturated rings. The maximum absolute atomic E-state index is 13.9. The SMILES string of the molecule is Cc1c(O)cccc1C(=O)N[C@@H](Cc1ccccc1)[C@H](O)C(=O)N1CSC(C)(C)[C@H]1C(=O)N[C@@H]1C[C@H]1c1ccccc1. The Bertz CT molecular complexity index is 1450. The fourth-order valence-corrected chi connectivity index (χ4v) is 6.81. The first-order valence-corrected chi connectivity index (χ1v) is 15.2. The Labute approximate surface area is 250 Å². The molecule has 1 saturated carbocycles. The van der Waals surface area contributed by atoms with Gasteiger partial charge >= 0.3 is 0 Å². The molecular formula is C33H37N3O5S. The second-order valence-electron chi connectivity index (χ2n) is 11.6. The number of carbonyl (C=O) groups is 3. The molecule has 2 aliphatic rings. The molecule has 4 N–H and O–H groups in total. The third kappa shape index (κ3) is 6.32. The lowest BCUT2D eigenvalue weighted by molar-refractivity contribution is -0.147. The van der Waals surface area contributed by atoms with Gasteiger partial charge in [-0.05, 0) is 56.9 Å². The van der Waals surface area contributed by atoms with Crippen molar-refractivity contribution in [1.29, 1.82) is 0 Å². The van der Waals surface area contributed by atoms with Crippen LogP contribution in [0, 0.1) is 6.92 Å². The number of hydrogen-bond donors (Lipinski definition) is 4. The van der Waals surface area contributed by atoms with Crippen LogP contribution in [0.3, 0.4) is 0 Å². The predicted molar refractivity (Wildman–Crippen MR) is 163 cm³/mol. The highest BCUT2D eigenvalue weighted by Gasteiger charge is 2.51. The molecule has 3 aromatic carbocycles. The monoisotopic (exact) mass is 587 g/mol. The molecule has 0 spiro atoms. The van der Waals surface area contributed by atoms with Crippen molar-refractivity contribution < 1.29 is 24.6 Å². The van der Waals surface area contributed by atoms with Gasteiger partial charge in [0.15, 0.2) is 6.10 Å². The van der Waals surface area contributed by atoms with Crippen LogP contribution in [-0.2, 0) is 16.0 Å². The second kappa shape index (κ2) is 12.2. The number of carbonyl (C=O) groups excluding carboxylic acids is 3. The van der Waals surface area contributed by atoms with E-state index in [-0.39, 0.29) is 41.5 Å². The van der Waals surface area contributed by atoms with Gasteiger partial charge < -0.3 is 25.7 Å². The van der Waals surface area contributed by atoms with Crippen molar-refractivity contribution >= 4 is 29.5 Å². The van der Waals surface area contributed by atoms with E-state index in [0.29, 0.717) is 5.56 Å². The molecule has 0 bridgehead atoms. The zero-order valence-corrected chi connectivity index (χ0v) is 24.8. The second-order valence-corrected chi connectivity index (χ2v) is 13.2. The average Bonchev–Trinajstić information content (AvgIpc) is 3.67. The zero-order chi connectivity index (χ0) is 30.0. The van der Waals surface area contributed by atoms with Gasteiger partial charge in [-0.15, -0.1) is 11.8 Å². The Morgan fingerprint density at radius 3 is 2.36 bits per heavy atom. The first-order valence-electron chi connectivity index (χ1n) is 14.2. The number of rotatable bonds is 9. The summed E-state index contributed by atoms with van der Waals surface area (Å²) < 4.78 is -0.576. The molecule has 8 nitrogen and oxygen atoms in total. The van der Waals surface area contributed by atoms with Crippen LogP contribution in [0.5, 0.6) is 5.75 Å². The van der Waals surface area contributed by atoms with Crippen molar-refractivity contribution in [1.82, 2.24) is 15.5 Å². The smallest absolute Gasteiger partial charge is 0.254 e. The number of benzene rings is 3. The van der Waals surface area contributed by atoms with Crippen LogP contribution in [0.15, 0.2) is 78.9 Å². The lowest BCUT2D eigenvalue weighted by atomic mass is 9.96. The van der Waals surface area contributed by atoms with Crippen molar-refractivity contribution in [2.45, 2.75) is 68.5 Å². The van der Waals surface area contributed by atoms with Crippen molar-refractivity contribution in [3.63, 3.8) is 0 Å². The van der Waals surface area contributed by atoms with Gasteiger partial charge in [0.25, 0.3) is 11.8 Å². The Kier molecular flexibility index (Phi) is 8.61. The molecule has 0 aromatic heterocycles. The van der Waals surface area contributed by atoms with Gasteiger partial charge in [0.05, 0.1) is 11.9 Å². The van der Waals surface area contributed by atoms with Gasteiger partial charge in [0, 0.05) is 27.8 Å². The van der Waals surface area contributed by atoms with Gasteiger partial charge in [-0.1, -0.05) is 66.7 Å². The zero-order valence-electron chi connectivity index (χ0n) is 24.0. The number of phenols is 1. The average molecular weight is 588 g/mol. The van der Waals surface area contributed by atoms with E-state index in [1.165, 1.54) is 28.3 Å². The predicted octanol–water partition coefficient (Wildman–Crippen LogP) is 3.76. The van der Waals surface area contributed by atoms with E-state index in [9.17, 15) is 24.6 Å². The molecule has 9 heteroatoms. The fourth-order valence-electron chi connectivity index (χ4n) is 5.66. The highest BCUT2D eigenvalue weighted by atomic mass is 32.2. The number of phenolic OH excluding ortho intramolecular Hbond substituents is 1. The van der Waals surface area contributed by atoms with Crippen molar-refractivity contribution in [2.24, 2.45) is 0 Å². The van der Waals surface area contributed by atoms with E-state index in [4.69, 9.17) is 0 Å². The van der Waals surface area contributed by atoms with E-state index in [1.54, 1.807) is 19.1 Å². The Morgan fingerprint density at radius 2 is 1.67 bits per heavy atom. The van der Waals surface area contributed by atoms with E-state index >= 15 is 0 Å². The molecule has 1 heterocycles. The minimum atomic E-state index is -1.60. The number of nitrogens with zero attached hydrogens (tertiary/aromatic N) is 1. The summed E-state index contributed by atoms with van der Waals surface area (Å²) >= 11 is 1.48. The van der Waals surface area contributed by atoms with E-state index < -0.39 is 34.7 Å². The molecule has 3 amide bonds. The van der Waals surface area contributed by atoms with Gasteiger partial charge in [0.2, 0.25) is 5.91 Å². The minimum Gasteiger partial charge on any atom is -0.508 e. The van der Waals surface area contributed by atoms with Crippen LogP contribution in [0.4, 0.5) is 0 Å². The number of aliphatic hydroxyl groups excluding tert-OH is 1. The summed E-state index contributed by atoms with van der Waals surface area (Å²) in [5.41, 5.74) is 2.65. The topological polar surface area (TPSA) is 119 Å². The van der Waals surface area contributed by atoms with E-state index in [1.807, 2.05) is 62.4 Å². The van der Waals surface area contributed by atoms with Crippen LogP contribution < -0.4 is 10.6 Å². The first kappa shape index (κ1) is 29.7. The summed E-state index contributed by atoms with van der Waals surface area (Å²) in [7, 11) is 0. The molecule has 5 rings (SSSR count). The summed E-state index contributed by atoms with van der Waals surface area (Å²) in [6, 6.07) is 22.2. The molecular weight excluding hydrogens is 550 g/mol. The quantitative estimate of drug-likeness (QED) is 0.303. The summed E-state index contributed by atoms with van der Waals surface area (Å²) in [5, 5.41) is 27.6. The largest absolute Gasteiger partial charge is 0.508 e.